The van der Waals surface area contributed by atoms with Gasteiger partial charge >= 0.3 is 0 Å². The van der Waals surface area contributed by atoms with Crippen LogP contribution in [0.5, 0.6) is 0 Å². The number of pyridine rings is 1. The lowest BCUT2D eigenvalue weighted by Crippen LogP contribution is -2.33. The number of hydrogen-bond donors (Lipinski definition) is 1. The first-order valence-electron chi connectivity index (χ1n) is 6.71. The van der Waals surface area contributed by atoms with E-state index in [0.717, 1.165) is 47.5 Å². The predicted octanol–water partition coefficient (Wildman–Crippen LogP) is 1.54. The monoisotopic (exact) mass is 321 g/mol. The van der Waals surface area contributed by atoms with Crippen LogP contribution < -0.4 is 10.2 Å². The van der Waals surface area contributed by atoms with Crippen LogP contribution in [-0.2, 0) is 0 Å². The Morgan fingerprint density at radius 1 is 1.37 bits per heavy atom. The second-order valence-corrected chi connectivity index (χ2v) is 6.45. The first kappa shape index (κ1) is 11.7. The van der Waals surface area contributed by atoms with Crippen molar-refractivity contribution in [3.63, 3.8) is 0 Å². The normalized spacial score (nSPS) is 30.2. The van der Waals surface area contributed by atoms with Crippen molar-refractivity contribution in [1.82, 2.24) is 19.9 Å². The van der Waals surface area contributed by atoms with Crippen LogP contribution in [0.1, 0.15) is 6.92 Å². The minimum absolute atomic E-state index is 0.515. The highest BCUT2D eigenvalue weighted by Gasteiger charge is 2.43. The van der Waals surface area contributed by atoms with Crippen molar-refractivity contribution in [2.45, 2.75) is 13.0 Å². The van der Waals surface area contributed by atoms with E-state index in [-0.39, 0.29) is 0 Å². The number of aromatic nitrogens is 3. The van der Waals surface area contributed by atoms with Crippen molar-refractivity contribution in [3.8, 4) is 0 Å². The minimum atomic E-state index is 0.515. The van der Waals surface area contributed by atoms with Gasteiger partial charge in [-0.3, -0.25) is 0 Å². The molecule has 2 fully saturated rings. The Kier molecular flexibility index (Phi) is 2.57. The molecule has 0 saturated carbocycles. The predicted molar refractivity (Wildman–Crippen MR) is 77.3 cm³/mol. The van der Waals surface area contributed by atoms with Gasteiger partial charge in [-0.1, -0.05) is 0 Å². The minimum Gasteiger partial charge on any atom is -0.336 e. The summed E-state index contributed by atoms with van der Waals surface area (Å²) in [5.74, 6) is 2.34. The molecule has 2 aromatic heterocycles. The maximum atomic E-state index is 4.65. The molecule has 3 unspecified atom stereocenters. The van der Waals surface area contributed by atoms with E-state index in [4.69, 9.17) is 0 Å². The fraction of sp³-hybridized carbons (Fsp3) is 0.538. The van der Waals surface area contributed by atoms with Crippen LogP contribution in [0, 0.1) is 11.8 Å². The van der Waals surface area contributed by atoms with Crippen LogP contribution in [0.2, 0.25) is 0 Å². The summed E-state index contributed by atoms with van der Waals surface area (Å²) in [5, 5.41) is 8.10. The summed E-state index contributed by atoms with van der Waals surface area (Å²) < 4.78 is 2.87. The molecule has 1 N–H and O–H groups in total. The lowest BCUT2D eigenvalue weighted by molar-refractivity contribution is 0.471. The molecular weight excluding hydrogens is 306 g/mol. The molecule has 2 aromatic rings. The molecule has 0 aromatic carbocycles. The van der Waals surface area contributed by atoms with Crippen LogP contribution in [-0.4, -0.2) is 40.3 Å². The Morgan fingerprint density at radius 2 is 2.26 bits per heavy atom. The fourth-order valence-electron chi connectivity index (χ4n) is 3.40. The summed E-state index contributed by atoms with van der Waals surface area (Å²) in [5.41, 5.74) is 0.903. The maximum absolute atomic E-state index is 4.65. The van der Waals surface area contributed by atoms with Gasteiger partial charge in [0.2, 0.25) is 5.95 Å². The number of anilines is 1. The molecule has 3 atom stereocenters. The molecule has 19 heavy (non-hydrogen) atoms. The van der Waals surface area contributed by atoms with Gasteiger partial charge in [0.25, 0.3) is 0 Å². The lowest BCUT2D eigenvalue weighted by atomic mass is 9.95. The van der Waals surface area contributed by atoms with Crippen LogP contribution in [0.15, 0.2) is 22.8 Å². The van der Waals surface area contributed by atoms with E-state index in [2.05, 4.69) is 43.2 Å². The summed E-state index contributed by atoms with van der Waals surface area (Å²) in [7, 11) is 0. The third kappa shape index (κ3) is 1.77. The first-order valence-corrected chi connectivity index (χ1v) is 7.51. The Bertz CT molecular complexity index is 625. The van der Waals surface area contributed by atoms with E-state index in [9.17, 15) is 0 Å². The van der Waals surface area contributed by atoms with Crippen LogP contribution >= 0.6 is 15.9 Å². The van der Waals surface area contributed by atoms with Crippen molar-refractivity contribution >= 4 is 27.5 Å². The third-order valence-electron chi connectivity index (χ3n) is 4.48. The zero-order valence-corrected chi connectivity index (χ0v) is 12.3. The van der Waals surface area contributed by atoms with Gasteiger partial charge in [-0.15, -0.1) is 5.10 Å². The van der Waals surface area contributed by atoms with Gasteiger partial charge in [-0.2, -0.15) is 4.98 Å². The molecule has 2 aliphatic rings. The number of rotatable bonds is 1. The molecule has 0 spiro atoms. The van der Waals surface area contributed by atoms with E-state index in [1.807, 2.05) is 22.8 Å². The Balaban J connectivity index is 1.71. The Hall–Kier alpha value is -1.14. The number of nitrogens with one attached hydrogen (secondary N) is 1. The molecule has 5 nitrogen and oxygen atoms in total. The van der Waals surface area contributed by atoms with Gasteiger partial charge in [-0.05, 0) is 46.8 Å². The molecule has 0 bridgehead atoms. The van der Waals surface area contributed by atoms with Crippen LogP contribution in [0.3, 0.4) is 0 Å². The molecule has 2 saturated heterocycles. The van der Waals surface area contributed by atoms with E-state index < -0.39 is 0 Å². The number of halogens is 1. The summed E-state index contributed by atoms with van der Waals surface area (Å²) in [6, 6.07) is 4.50. The summed E-state index contributed by atoms with van der Waals surface area (Å²) in [6.45, 7) is 5.61. The van der Waals surface area contributed by atoms with Crippen molar-refractivity contribution in [3.05, 3.63) is 22.8 Å². The number of nitrogens with zero attached hydrogens (tertiary/aromatic N) is 4. The second kappa shape index (κ2) is 4.18. The standard InChI is InChI=1S/C13H16BrN5/c1-8-11-5-15-4-9(11)6-18(8)13-16-12-3-2-10(14)7-19(12)17-13/h2-3,7-9,11,15H,4-6H2,1H3. The summed E-state index contributed by atoms with van der Waals surface area (Å²) in [4.78, 5) is 7.01. The largest absolute Gasteiger partial charge is 0.336 e. The van der Waals surface area contributed by atoms with Crippen LogP contribution in [0.4, 0.5) is 5.95 Å². The van der Waals surface area contributed by atoms with Gasteiger partial charge in [0, 0.05) is 36.3 Å². The molecule has 6 heteroatoms. The maximum Gasteiger partial charge on any atom is 0.245 e. The first-order chi connectivity index (χ1) is 9.22. The van der Waals surface area contributed by atoms with Crippen LogP contribution in [0.25, 0.3) is 5.65 Å². The zero-order valence-electron chi connectivity index (χ0n) is 10.8. The van der Waals surface area contributed by atoms with Crippen molar-refractivity contribution in [1.29, 1.82) is 0 Å². The third-order valence-corrected chi connectivity index (χ3v) is 4.94. The van der Waals surface area contributed by atoms with Gasteiger partial charge in [0.05, 0.1) is 0 Å². The molecule has 4 heterocycles. The fourth-order valence-corrected chi connectivity index (χ4v) is 3.73. The molecule has 0 aliphatic carbocycles. The Morgan fingerprint density at radius 3 is 3.11 bits per heavy atom. The second-order valence-electron chi connectivity index (χ2n) is 5.54. The SMILES string of the molecule is CC1C2CNCC2CN1c1nc2ccc(Br)cn2n1. The Labute approximate surface area is 120 Å². The van der Waals surface area contributed by atoms with Gasteiger partial charge in [0.15, 0.2) is 5.65 Å². The average molecular weight is 322 g/mol. The molecular formula is C13H16BrN5. The number of hydrogen-bond acceptors (Lipinski definition) is 4. The highest BCUT2D eigenvalue weighted by molar-refractivity contribution is 9.10. The highest BCUT2D eigenvalue weighted by Crippen LogP contribution is 2.34. The van der Waals surface area contributed by atoms with Gasteiger partial charge in [0.1, 0.15) is 0 Å². The molecule has 100 valence electrons. The zero-order chi connectivity index (χ0) is 13.0. The van der Waals surface area contributed by atoms with E-state index >= 15 is 0 Å². The smallest absolute Gasteiger partial charge is 0.245 e. The van der Waals surface area contributed by atoms with Crippen molar-refractivity contribution < 1.29 is 0 Å². The summed E-state index contributed by atoms with van der Waals surface area (Å²) >= 11 is 3.47. The van der Waals surface area contributed by atoms with Gasteiger partial charge < -0.3 is 10.2 Å². The molecule has 0 radical (unpaired) electrons. The van der Waals surface area contributed by atoms with Crippen molar-refractivity contribution in [2.24, 2.45) is 11.8 Å². The number of fused-ring (bicyclic) bond motifs is 2. The summed E-state index contributed by atoms with van der Waals surface area (Å²) in [6.07, 6.45) is 1.95. The van der Waals surface area contributed by atoms with E-state index in [1.54, 1.807) is 0 Å². The lowest BCUT2D eigenvalue weighted by Gasteiger charge is -2.22. The quantitative estimate of drug-likeness (QED) is 0.865. The van der Waals surface area contributed by atoms with Gasteiger partial charge in [-0.25, -0.2) is 4.52 Å². The molecule has 2 aliphatic heterocycles. The topological polar surface area (TPSA) is 45.5 Å². The molecule has 4 rings (SSSR count). The van der Waals surface area contributed by atoms with E-state index in [0.29, 0.717) is 6.04 Å². The average Bonchev–Trinajstić information content (AvgIpc) is 3.04. The van der Waals surface area contributed by atoms with Crippen molar-refractivity contribution in [2.75, 3.05) is 24.5 Å². The highest BCUT2D eigenvalue weighted by atomic mass is 79.9. The molecule has 0 amide bonds. The van der Waals surface area contributed by atoms with E-state index in [1.165, 1.54) is 0 Å².